The van der Waals surface area contributed by atoms with E-state index in [0.717, 1.165) is 12.0 Å². The molecule has 0 aliphatic carbocycles. The minimum Gasteiger partial charge on any atom is -0.365 e. The van der Waals surface area contributed by atoms with E-state index in [1.807, 2.05) is 24.3 Å². The largest absolute Gasteiger partial charge is 0.365 e. The Labute approximate surface area is 133 Å². The lowest BCUT2D eigenvalue weighted by Gasteiger charge is -2.25. The number of hydrogen-bond acceptors (Lipinski definition) is 2. The number of hydrogen-bond donors (Lipinski definition) is 0. The van der Waals surface area contributed by atoms with Crippen LogP contribution in [0, 0.1) is 0 Å². The first kappa shape index (κ1) is 14.6. The van der Waals surface area contributed by atoms with Crippen LogP contribution in [-0.4, -0.2) is 12.4 Å². The number of rotatable bonds is 3. The van der Waals surface area contributed by atoms with Crippen LogP contribution in [0.2, 0.25) is 10.0 Å². The molecule has 1 aliphatic rings. The van der Waals surface area contributed by atoms with E-state index in [4.69, 9.17) is 27.9 Å². The van der Waals surface area contributed by atoms with Crippen molar-refractivity contribution in [2.24, 2.45) is 0 Å². The molecule has 4 heteroatoms. The average Bonchev–Trinajstić information content (AvgIpc) is 2.50. The molecule has 3 rings (SSSR count). The highest BCUT2D eigenvalue weighted by molar-refractivity contribution is 6.36. The van der Waals surface area contributed by atoms with E-state index < -0.39 is 6.10 Å². The molecule has 1 heterocycles. The van der Waals surface area contributed by atoms with E-state index in [1.165, 1.54) is 5.56 Å². The lowest BCUT2D eigenvalue weighted by molar-refractivity contribution is -0.131. The summed E-state index contributed by atoms with van der Waals surface area (Å²) in [4.78, 5) is 12.6. The molecule has 0 saturated heterocycles. The number of carbonyl (C=O) groups is 1. The Hall–Kier alpha value is -1.35. The van der Waals surface area contributed by atoms with Gasteiger partial charge >= 0.3 is 0 Å². The van der Waals surface area contributed by atoms with Gasteiger partial charge in [-0.1, -0.05) is 53.5 Å². The number of fused-ring (bicyclic) bond motifs is 1. The first-order chi connectivity index (χ1) is 10.2. The lowest BCUT2D eigenvalue weighted by Crippen LogP contribution is -2.24. The van der Waals surface area contributed by atoms with E-state index in [1.54, 1.807) is 18.2 Å². The van der Waals surface area contributed by atoms with Gasteiger partial charge in [0.05, 0.1) is 6.61 Å². The highest BCUT2D eigenvalue weighted by atomic mass is 35.5. The van der Waals surface area contributed by atoms with Crippen molar-refractivity contribution in [2.45, 2.75) is 18.9 Å². The monoisotopic (exact) mass is 320 g/mol. The molecule has 1 atom stereocenters. The first-order valence-corrected chi connectivity index (χ1v) is 7.57. The summed E-state index contributed by atoms with van der Waals surface area (Å²) in [5.74, 6) is -0.0165. The fourth-order valence-corrected chi connectivity index (χ4v) is 3.16. The Morgan fingerprint density at radius 3 is 2.57 bits per heavy atom. The van der Waals surface area contributed by atoms with E-state index >= 15 is 0 Å². The van der Waals surface area contributed by atoms with Gasteiger partial charge in [0.15, 0.2) is 5.78 Å². The molecule has 0 bridgehead atoms. The average molecular weight is 321 g/mol. The zero-order valence-electron chi connectivity index (χ0n) is 11.3. The first-order valence-electron chi connectivity index (χ1n) is 6.82. The van der Waals surface area contributed by atoms with Crippen molar-refractivity contribution in [1.29, 1.82) is 0 Å². The number of Topliss-reactive ketones (excluding diaryl/α,β-unsaturated/α-hetero) is 1. The molecule has 0 N–H and O–H groups in total. The second kappa shape index (κ2) is 6.18. The van der Waals surface area contributed by atoms with Crippen LogP contribution in [0.4, 0.5) is 0 Å². The van der Waals surface area contributed by atoms with Gasteiger partial charge in [-0.15, -0.1) is 0 Å². The van der Waals surface area contributed by atoms with Gasteiger partial charge in [0.25, 0.3) is 0 Å². The van der Waals surface area contributed by atoms with E-state index in [9.17, 15) is 4.79 Å². The van der Waals surface area contributed by atoms with Crippen LogP contribution in [-0.2, 0) is 22.4 Å². The van der Waals surface area contributed by atoms with Crippen LogP contribution < -0.4 is 0 Å². The Morgan fingerprint density at radius 2 is 1.81 bits per heavy atom. The molecule has 1 unspecified atom stereocenters. The summed E-state index contributed by atoms with van der Waals surface area (Å²) < 4.78 is 5.68. The topological polar surface area (TPSA) is 26.3 Å². The smallest absolute Gasteiger partial charge is 0.170 e. The van der Waals surface area contributed by atoms with Crippen molar-refractivity contribution in [1.82, 2.24) is 0 Å². The molecular formula is C17H14Cl2O2. The second-order valence-electron chi connectivity index (χ2n) is 5.04. The Kier molecular flexibility index (Phi) is 4.29. The van der Waals surface area contributed by atoms with E-state index in [2.05, 4.69) is 0 Å². The Bertz CT molecular complexity index is 662. The van der Waals surface area contributed by atoms with Crippen LogP contribution in [0.3, 0.4) is 0 Å². The maximum Gasteiger partial charge on any atom is 0.170 e. The molecule has 0 radical (unpaired) electrons. The van der Waals surface area contributed by atoms with Crippen molar-refractivity contribution in [3.63, 3.8) is 0 Å². The molecule has 21 heavy (non-hydrogen) atoms. The summed E-state index contributed by atoms with van der Waals surface area (Å²) in [6, 6.07) is 13.2. The number of ketones is 1. The van der Waals surface area contributed by atoms with Gasteiger partial charge in [-0.2, -0.15) is 0 Å². The highest BCUT2D eigenvalue weighted by Crippen LogP contribution is 2.31. The van der Waals surface area contributed by atoms with Gasteiger partial charge in [0, 0.05) is 16.5 Å². The normalized spacial score (nSPS) is 17.3. The van der Waals surface area contributed by atoms with Crippen molar-refractivity contribution < 1.29 is 9.53 Å². The van der Waals surface area contributed by atoms with E-state index in [-0.39, 0.29) is 12.2 Å². The maximum absolute atomic E-state index is 12.6. The molecule has 0 fully saturated rings. The van der Waals surface area contributed by atoms with Crippen molar-refractivity contribution >= 4 is 29.0 Å². The third-order valence-electron chi connectivity index (χ3n) is 3.70. The molecule has 0 aromatic heterocycles. The number of benzene rings is 2. The third-order valence-corrected chi connectivity index (χ3v) is 4.41. The second-order valence-corrected chi connectivity index (χ2v) is 5.86. The standard InChI is InChI=1S/C17H14Cl2O2/c18-14-6-3-7-15(19)13(14)10-16(20)17-12-5-2-1-4-11(12)8-9-21-17/h1-7,17H,8-10H2. The molecule has 2 aromatic carbocycles. The van der Waals surface area contributed by atoms with Gasteiger partial charge < -0.3 is 4.74 Å². The van der Waals surface area contributed by atoms with Crippen LogP contribution in [0.25, 0.3) is 0 Å². The van der Waals surface area contributed by atoms with Crippen LogP contribution in [0.1, 0.15) is 22.8 Å². The summed E-state index contributed by atoms with van der Waals surface area (Å²) in [6.07, 6.45) is 0.493. The zero-order valence-corrected chi connectivity index (χ0v) is 12.8. The summed E-state index contributed by atoms with van der Waals surface area (Å²) >= 11 is 12.3. The number of halogens is 2. The molecule has 2 aromatic rings. The van der Waals surface area contributed by atoms with Crippen LogP contribution in [0.15, 0.2) is 42.5 Å². The molecule has 2 nitrogen and oxygen atoms in total. The summed E-state index contributed by atoms with van der Waals surface area (Å²) in [7, 11) is 0. The predicted molar refractivity (Wildman–Crippen MR) is 84.0 cm³/mol. The van der Waals surface area contributed by atoms with Gasteiger partial charge in [-0.05, 0) is 35.2 Å². The molecule has 0 saturated carbocycles. The summed E-state index contributed by atoms with van der Waals surface area (Å²) in [5.41, 5.74) is 2.79. The number of ether oxygens (including phenoxy) is 1. The van der Waals surface area contributed by atoms with Gasteiger partial charge in [0.2, 0.25) is 0 Å². The highest BCUT2D eigenvalue weighted by Gasteiger charge is 2.27. The maximum atomic E-state index is 12.6. The van der Waals surface area contributed by atoms with Crippen molar-refractivity contribution in [2.75, 3.05) is 6.61 Å². The minimum absolute atomic E-state index is 0.0165. The quantitative estimate of drug-likeness (QED) is 0.836. The van der Waals surface area contributed by atoms with Crippen LogP contribution in [0.5, 0.6) is 0 Å². The SMILES string of the molecule is O=C(Cc1c(Cl)cccc1Cl)C1OCCc2ccccc21. The zero-order chi connectivity index (χ0) is 14.8. The summed E-state index contributed by atoms with van der Waals surface area (Å²) in [5, 5.41) is 1.03. The molecular weight excluding hydrogens is 307 g/mol. The lowest BCUT2D eigenvalue weighted by atomic mass is 9.93. The van der Waals surface area contributed by atoms with Gasteiger partial charge in [0.1, 0.15) is 6.10 Å². The Balaban J connectivity index is 1.87. The molecule has 0 spiro atoms. The number of carbonyl (C=O) groups excluding carboxylic acids is 1. The molecule has 0 amide bonds. The van der Waals surface area contributed by atoms with Gasteiger partial charge in [-0.3, -0.25) is 4.79 Å². The van der Waals surface area contributed by atoms with Crippen molar-refractivity contribution in [3.05, 3.63) is 69.2 Å². The van der Waals surface area contributed by atoms with Gasteiger partial charge in [-0.25, -0.2) is 0 Å². The molecule has 1 aliphatic heterocycles. The fraction of sp³-hybridized carbons (Fsp3) is 0.235. The predicted octanol–water partition coefficient (Wildman–Crippen LogP) is 4.42. The summed E-state index contributed by atoms with van der Waals surface area (Å²) in [6.45, 7) is 0.559. The Morgan fingerprint density at radius 1 is 1.10 bits per heavy atom. The minimum atomic E-state index is -0.526. The van der Waals surface area contributed by atoms with E-state index in [0.29, 0.717) is 22.2 Å². The molecule has 108 valence electrons. The van der Waals surface area contributed by atoms with Crippen LogP contribution >= 0.6 is 23.2 Å². The van der Waals surface area contributed by atoms with Crippen molar-refractivity contribution in [3.8, 4) is 0 Å². The third kappa shape index (κ3) is 2.98. The fourth-order valence-electron chi connectivity index (χ4n) is 2.63.